The van der Waals surface area contributed by atoms with Crippen molar-refractivity contribution in [2.24, 2.45) is 11.8 Å². The minimum absolute atomic E-state index is 0. The summed E-state index contributed by atoms with van der Waals surface area (Å²) in [7, 11) is 3.88. The van der Waals surface area contributed by atoms with Crippen molar-refractivity contribution in [3.05, 3.63) is 35.9 Å². The lowest BCUT2D eigenvalue weighted by molar-refractivity contribution is -0.907. The van der Waals surface area contributed by atoms with Gasteiger partial charge in [0, 0.05) is 5.92 Å². The van der Waals surface area contributed by atoms with Crippen LogP contribution in [0, 0.1) is 11.8 Å². The molecule has 0 saturated heterocycles. The van der Waals surface area contributed by atoms with Gasteiger partial charge in [0.2, 0.25) is 6.73 Å². The number of quaternary nitrogens is 1. The van der Waals surface area contributed by atoms with E-state index in [0.29, 0.717) is 16.6 Å². The molecule has 1 saturated carbocycles. The molecule has 1 N–H and O–H groups in total. The van der Waals surface area contributed by atoms with E-state index in [9.17, 15) is 14.7 Å². The molecule has 7 heteroatoms. The summed E-state index contributed by atoms with van der Waals surface area (Å²) in [5, 5.41) is 11.5. The number of hydrogen-bond acceptors (Lipinski definition) is 5. The van der Waals surface area contributed by atoms with E-state index < -0.39 is 11.6 Å². The number of halogens is 1. The van der Waals surface area contributed by atoms with Crippen LogP contribution >= 0.6 is 0 Å². The number of rotatable bonds is 13. The third kappa shape index (κ3) is 8.27. The van der Waals surface area contributed by atoms with Gasteiger partial charge in [0.1, 0.15) is 13.2 Å². The van der Waals surface area contributed by atoms with Crippen molar-refractivity contribution in [3.63, 3.8) is 0 Å². The fourth-order valence-corrected chi connectivity index (χ4v) is 4.55. The van der Waals surface area contributed by atoms with Crippen LogP contribution in [0.4, 0.5) is 0 Å². The van der Waals surface area contributed by atoms with Gasteiger partial charge < -0.3 is 27.0 Å². The highest BCUT2D eigenvalue weighted by molar-refractivity contribution is 5.81. The third-order valence-corrected chi connectivity index (χ3v) is 6.56. The van der Waals surface area contributed by atoms with Gasteiger partial charge >= 0.3 is 11.9 Å². The Bertz CT molecular complexity index is 715. The molecule has 33 heavy (non-hydrogen) atoms. The molecule has 0 amide bonds. The summed E-state index contributed by atoms with van der Waals surface area (Å²) in [6.07, 6.45) is 7.26. The van der Waals surface area contributed by atoms with E-state index in [1.807, 2.05) is 32.3 Å². The second-order valence-corrected chi connectivity index (χ2v) is 9.78. The number of benzene rings is 1. The number of hydrogen-bond donors (Lipinski definition) is 1. The van der Waals surface area contributed by atoms with Crippen LogP contribution in [-0.2, 0) is 24.7 Å². The third-order valence-electron chi connectivity index (χ3n) is 6.56. The van der Waals surface area contributed by atoms with E-state index in [1.54, 1.807) is 12.1 Å². The molecule has 0 aromatic heterocycles. The smallest absolute Gasteiger partial charge is 0.343 e. The number of esters is 2. The molecule has 0 aliphatic heterocycles. The molecule has 2 rings (SSSR count). The van der Waals surface area contributed by atoms with E-state index in [-0.39, 0.29) is 43.5 Å². The highest BCUT2D eigenvalue weighted by atomic mass is 35.5. The molecule has 1 fully saturated rings. The molecule has 1 aliphatic rings. The quantitative estimate of drug-likeness (QED) is 0.261. The molecule has 1 atom stereocenters. The van der Waals surface area contributed by atoms with Crippen molar-refractivity contribution in [1.82, 2.24) is 0 Å². The van der Waals surface area contributed by atoms with Gasteiger partial charge in [-0.15, -0.1) is 0 Å². The summed E-state index contributed by atoms with van der Waals surface area (Å²) in [5.74, 6) is -0.903. The molecule has 6 nitrogen and oxygen atoms in total. The number of likely N-dealkylation sites (N-methyl/N-ethyl adjacent to an activating group) is 1. The maximum absolute atomic E-state index is 13.1. The Morgan fingerprint density at radius 1 is 1.06 bits per heavy atom. The fourth-order valence-electron chi connectivity index (χ4n) is 4.55. The van der Waals surface area contributed by atoms with Crippen LogP contribution in [-0.4, -0.2) is 55.5 Å². The molecule has 1 aromatic rings. The highest BCUT2D eigenvalue weighted by Crippen LogP contribution is 2.41. The van der Waals surface area contributed by atoms with E-state index >= 15 is 0 Å². The minimum Gasteiger partial charge on any atom is -1.00 e. The largest absolute Gasteiger partial charge is 1.00 e. The van der Waals surface area contributed by atoms with E-state index in [0.717, 1.165) is 51.4 Å². The van der Waals surface area contributed by atoms with Gasteiger partial charge in [0.15, 0.2) is 5.60 Å². The summed E-state index contributed by atoms with van der Waals surface area (Å²) in [6.45, 7) is 5.02. The Morgan fingerprint density at radius 2 is 1.64 bits per heavy atom. The Balaban J connectivity index is 0.00000544. The molecular weight excluding hydrogens is 442 g/mol. The zero-order chi connectivity index (χ0) is 23.6. The van der Waals surface area contributed by atoms with Crippen LogP contribution in [0.5, 0.6) is 0 Å². The zero-order valence-electron chi connectivity index (χ0n) is 20.7. The molecule has 1 aliphatic carbocycles. The zero-order valence-corrected chi connectivity index (χ0v) is 21.5. The second-order valence-electron chi connectivity index (χ2n) is 9.78. The first-order chi connectivity index (χ1) is 15.2. The number of carbonyl (C=O) groups excluding carboxylic acids is 2. The SMILES string of the molecule is CCCC(CCC)C(=O)OC[N+](C)(C)CCOC(=O)C(O)(c1ccccc1)C1CCCC1.[Cl-]. The molecule has 0 radical (unpaired) electrons. The monoisotopic (exact) mass is 483 g/mol. The topological polar surface area (TPSA) is 72.8 Å². The van der Waals surface area contributed by atoms with Gasteiger partial charge in [-0.3, -0.25) is 9.28 Å². The number of nitrogens with zero attached hydrogens (tertiary/aromatic N) is 1. The van der Waals surface area contributed by atoms with Gasteiger partial charge in [-0.2, -0.15) is 0 Å². The summed E-state index contributed by atoms with van der Waals surface area (Å²) < 4.78 is 11.6. The van der Waals surface area contributed by atoms with Crippen LogP contribution in [0.1, 0.15) is 70.8 Å². The first-order valence-electron chi connectivity index (χ1n) is 12.2. The van der Waals surface area contributed by atoms with E-state index in [4.69, 9.17) is 9.47 Å². The van der Waals surface area contributed by atoms with E-state index in [1.165, 1.54) is 0 Å². The maximum Gasteiger partial charge on any atom is 0.343 e. The van der Waals surface area contributed by atoms with Gasteiger partial charge in [0.25, 0.3) is 0 Å². The number of carbonyl (C=O) groups is 2. The van der Waals surface area contributed by atoms with Crippen LogP contribution in [0.25, 0.3) is 0 Å². The first-order valence-corrected chi connectivity index (χ1v) is 12.2. The fraction of sp³-hybridized carbons (Fsp3) is 0.692. The first kappa shape index (κ1) is 29.4. The molecule has 0 heterocycles. The summed E-state index contributed by atoms with van der Waals surface area (Å²) in [5.41, 5.74) is -1.02. The summed E-state index contributed by atoms with van der Waals surface area (Å²) in [4.78, 5) is 25.5. The maximum atomic E-state index is 13.1. The highest BCUT2D eigenvalue weighted by Gasteiger charge is 2.47. The molecule has 0 spiro atoms. The van der Waals surface area contributed by atoms with Crippen LogP contribution in [0.15, 0.2) is 30.3 Å². The normalized spacial score (nSPS) is 16.2. The average molecular weight is 484 g/mol. The molecule has 1 aromatic carbocycles. The average Bonchev–Trinajstić information content (AvgIpc) is 3.32. The Labute approximate surface area is 205 Å². The Morgan fingerprint density at radius 3 is 2.18 bits per heavy atom. The molecule has 1 unspecified atom stereocenters. The lowest BCUT2D eigenvalue weighted by atomic mass is 9.80. The predicted octanol–water partition coefficient (Wildman–Crippen LogP) is 1.41. The summed E-state index contributed by atoms with van der Waals surface area (Å²) >= 11 is 0. The van der Waals surface area contributed by atoms with Crippen molar-refractivity contribution >= 4 is 11.9 Å². The predicted molar refractivity (Wildman–Crippen MR) is 124 cm³/mol. The van der Waals surface area contributed by atoms with Gasteiger partial charge in [-0.1, -0.05) is 69.9 Å². The van der Waals surface area contributed by atoms with Crippen molar-refractivity contribution in [2.75, 3.05) is 34.0 Å². The second kappa shape index (κ2) is 13.9. The van der Waals surface area contributed by atoms with Crippen molar-refractivity contribution in [1.29, 1.82) is 0 Å². The van der Waals surface area contributed by atoms with Crippen LogP contribution in [0.3, 0.4) is 0 Å². The molecular formula is C26H42ClNO5. The van der Waals surface area contributed by atoms with Crippen molar-refractivity contribution < 1.29 is 41.1 Å². The van der Waals surface area contributed by atoms with Gasteiger partial charge in [0.05, 0.1) is 20.0 Å². The van der Waals surface area contributed by atoms with Gasteiger partial charge in [-0.05, 0) is 31.2 Å². The van der Waals surface area contributed by atoms with Crippen LogP contribution < -0.4 is 12.4 Å². The Hall–Kier alpha value is -1.63. The molecule has 188 valence electrons. The molecule has 0 bridgehead atoms. The summed E-state index contributed by atoms with van der Waals surface area (Å²) in [6, 6.07) is 9.13. The number of ether oxygens (including phenoxy) is 2. The number of aliphatic hydroxyl groups is 1. The minimum atomic E-state index is -1.62. The lowest BCUT2D eigenvalue weighted by Crippen LogP contribution is -3.00. The Kier molecular flexibility index (Phi) is 12.4. The van der Waals surface area contributed by atoms with Crippen molar-refractivity contribution in [3.8, 4) is 0 Å². The van der Waals surface area contributed by atoms with Crippen molar-refractivity contribution in [2.45, 2.75) is 70.8 Å². The standard InChI is InChI=1S/C26H42NO5.ClH/c1-5-12-21(13-6-2)24(28)32-20-27(3,4)18-19-31-25(29)26(30,23-16-10-11-17-23)22-14-8-7-9-15-22;/h7-9,14-15,21,23,30H,5-6,10-13,16-20H2,1-4H3;1H/q+1;/p-1. The lowest BCUT2D eigenvalue weighted by Gasteiger charge is -2.33. The van der Waals surface area contributed by atoms with Crippen LogP contribution in [0.2, 0.25) is 0 Å². The van der Waals surface area contributed by atoms with E-state index in [2.05, 4.69) is 13.8 Å². The van der Waals surface area contributed by atoms with Gasteiger partial charge in [-0.25, -0.2) is 4.79 Å².